The Morgan fingerprint density at radius 3 is 2.05 bits per heavy atom. The van der Waals surface area contributed by atoms with Crippen molar-refractivity contribution in [1.29, 1.82) is 0 Å². The van der Waals surface area contributed by atoms with Gasteiger partial charge < -0.3 is 28.4 Å². The van der Waals surface area contributed by atoms with Crippen LogP contribution in [-0.4, -0.2) is 49.1 Å². The second-order valence-electron chi connectivity index (χ2n) is 9.72. The molecule has 2 saturated heterocycles. The van der Waals surface area contributed by atoms with Gasteiger partial charge in [-0.3, -0.25) is 0 Å². The predicted molar refractivity (Wildman–Crippen MR) is 135 cm³/mol. The lowest BCUT2D eigenvalue weighted by atomic mass is 9.92. The minimum Gasteiger partial charge on any atom is -0.459 e. The van der Waals surface area contributed by atoms with Crippen molar-refractivity contribution in [3.05, 3.63) is 108 Å². The molecule has 37 heavy (non-hydrogen) atoms. The van der Waals surface area contributed by atoms with E-state index in [0.717, 1.165) is 11.1 Å². The van der Waals surface area contributed by atoms with E-state index in [1.807, 2.05) is 80.6 Å². The van der Waals surface area contributed by atoms with Crippen molar-refractivity contribution in [2.45, 2.75) is 56.9 Å². The van der Waals surface area contributed by atoms with Crippen LogP contribution in [0.15, 0.2) is 91.0 Å². The van der Waals surface area contributed by atoms with Crippen molar-refractivity contribution < 1.29 is 33.2 Å². The van der Waals surface area contributed by atoms with E-state index in [1.54, 1.807) is 24.3 Å². The van der Waals surface area contributed by atoms with E-state index in [0.29, 0.717) is 12.2 Å². The Morgan fingerprint density at radius 2 is 1.41 bits per heavy atom. The third-order valence-electron chi connectivity index (χ3n) is 6.55. The van der Waals surface area contributed by atoms with E-state index >= 15 is 0 Å². The van der Waals surface area contributed by atoms with Gasteiger partial charge in [-0.25, -0.2) is 4.79 Å². The zero-order valence-corrected chi connectivity index (χ0v) is 21.1. The Bertz CT molecular complexity index is 1150. The predicted octanol–water partition coefficient (Wildman–Crippen LogP) is 4.89. The Morgan fingerprint density at radius 1 is 0.811 bits per heavy atom. The highest BCUT2D eigenvalue weighted by Gasteiger charge is 2.65. The molecule has 0 aliphatic carbocycles. The van der Waals surface area contributed by atoms with Crippen molar-refractivity contribution >= 4 is 5.97 Å². The molecule has 0 spiro atoms. The Labute approximate surface area is 217 Å². The van der Waals surface area contributed by atoms with Crippen LogP contribution < -0.4 is 0 Å². The fourth-order valence-electron chi connectivity index (χ4n) is 4.68. The van der Waals surface area contributed by atoms with Crippen LogP contribution >= 0.6 is 0 Å². The summed E-state index contributed by atoms with van der Waals surface area (Å²) in [5.41, 5.74) is 1.31. The van der Waals surface area contributed by atoms with Gasteiger partial charge in [0.15, 0.2) is 17.7 Å². The maximum Gasteiger partial charge on any atom is 0.338 e. The van der Waals surface area contributed by atoms with Crippen LogP contribution in [0.1, 0.15) is 35.3 Å². The summed E-state index contributed by atoms with van der Waals surface area (Å²) < 4.78 is 37.2. The molecular weight excluding hydrogens is 472 g/mol. The third-order valence-corrected chi connectivity index (χ3v) is 6.55. The summed E-state index contributed by atoms with van der Waals surface area (Å²) in [6.07, 6.45) is -1.92. The van der Waals surface area contributed by atoms with E-state index in [1.165, 1.54) is 0 Å². The summed E-state index contributed by atoms with van der Waals surface area (Å²) in [5.74, 6) is -1.33. The van der Waals surface area contributed by atoms with Gasteiger partial charge in [-0.2, -0.15) is 0 Å². The molecular formula is C30H32O7. The van der Waals surface area contributed by atoms with Crippen LogP contribution in [0.2, 0.25) is 0 Å². The summed E-state index contributed by atoms with van der Waals surface area (Å²) in [5, 5.41) is 0. The lowest BCUT2D eigenvalue weighted by Crippen LogP contribution is -2.56. The molecule has 0 aromatic heterocycles. The minimum atomic E-state index is -1.16. The molecule has 2 fully saturated rings. The van der Waals surface area contributed by atoms with Gasteiger partial charge in [0.25, 0.3) is 0 Å². The lowest BCUT2D eigenvalue weighted by molar-refractivity contribution is -0.251. The van der Waals surface area contributed by atoms with Crippen LogP contribution in [0.3, 0.4) is 0 Å². The quantitative estimate of drug-likeness (QED) is 0.364. The molecule has 194 valence electrons. The van der Waals surface area contributed by atoms with Gasteiger partial charge >= 0.3 is 5.97 Å². The highest BCUT2D eigenvalue weighted by molar-refractivity contribution is 5.89. The Kier molecular flexibility index (Phi) is 7.69. The second kappa shape index (κ2) is 11.1. The number of hydrogen-bond acceptors (Lipinski definition) is 7. The molecule has 5 rings (SSSR count). The molecule has 0 radical (unpaired) electrons. The summed E-state index contributed by atoms with van der Waals surface area (Å²) in [6, 6.07) is 28.6. The molecule has 0 N–H and O–H groups in total. The van der Waals surface area contributed by atoms with Crippen molar-refractivity contribution in [1.82, 2.24) is 0 Å². The maximum atomic E-state index is 12.9. The number of hydrogen-bond donors (Lipinski definition) is 0. The van der Waals surface area contributed by atoms with Gasteiger partial charge in [-0.15, -0.1) is 0 Å². The van der Waals surface area contributed by atoms with E-state index in [-0.39, 0.29) is 19.8 Å². The maximum absolute atomic E-state index is 12.9. The zero-order chi connectivity index (χ0) is 25.7. The number of benzene rings is 3. The van der Waals surface area contributed by atoms with Gasteiger partial charge in [-0.05, 0) is 37.1 Å². The number of fused-ring (bicyclic) bond motifs is 1. The molecule has 7 nitrogen and oxygen atoms in total. The Balaban J connectivity index is 1.40. The fourth-order valence-corrected chi connectivity index (χ4v) is 4.68. The molecule has 2 aliphatic rings. The van der Waals surface area contributed by atoms with E-state index < -0.39 is 35.9 Å². The van der Waals surface area contributed by atoms with Gasteiger partial charge in [0.2, 0.25) is 0 Å². The summed E-state index contributed by atoms with van der Waals surface area (Å²) in [7, 11) is 0. The molecule has 7 heteroatoms. The summed E-state index contributed by atoms with van der Waals surface area (Å²) >= 11 is 0. The number of rotatable bonds is 10. The van der Waals surface area contributed by atoms with Crippen LogP contribution in [0, 0.1) is 0 Å². The second-order valence-corrected chi connectivity index (χ2v) is 9.72. The Hall–Kier alpha value is -3.07. The van der Waals surface area contributed by atoms with E-state index in [2.05, 4.69) is 0 Å². The van der Waals surface area contributed by atoms with Crippen molar-refractivity contribution in [2.24, 2.45) is 0 Å². The first-order valence-electron chi connectivity index (χ1n) is 12.5. The largest absolute Gasteiger partial charge is 0.459 e. The normalized spacial score (nSPS) is 26.1. The first-order chi connectivity index (χ1) is 18.0. The van der Waals surface area contributed by atoms with Gasteiger partial charge in [-0.1, -0.05) is 78.9 Å². The third kappa shape index (κ3) is 5.92. The van der Waals surface area contributed by atoms with Gasteiger partial charge in [0.05, 0.1) is 25.4 Å². The smallest absolute Gasteiger partial charge is 0.338 e. The molecule has 2 aliphatic heterocycles. The average molecular weight is 505 g/mol. The number of ether oxygens (including phenoxy) is 6. The SMILES string of the molecule is CC1(C)OC2OC(COCc3ccccc3)C(COC(=O)c3ccccc3)(OCc3ccccc3)C2O1. The van der Waals surface area contributed by atoms with Crippen LogP contribution in [-0.2, 0) is 41.6 Å². The molecule has 4 atom stereocenters. The summed E-state index contributed by atoms with van der Waals surface area (Å²) in [4.78, 5) is 12.9. The van der Waals surface area contributed by atoms with Crippen molar-refractivity contribution in [2.75, 3.05) is 13.2 Å². The first kappa shape index (κ1) is 25.6. The summed E-state index contributed by atoms with van der Waals surface area (Å²) in [6.45, 7) is 4.44. The highest BCUT2D eigenvalue weighted by atomic mass is 16.8. The van der Waals surface area contributed by atoms with Gasteiger partial charge in [0, 0.05) is 0 Å². The monoisotopic (exact) mass is 504 g/mol. The van der Waals surface area contributed by atoms with Gasteiger partial charge in [0.1, 0.15) is 18.8 Å². The van der Waals surface area contributed by atoms with Crippen LogP contribution in [0.4, 0.5) is 0 Å². The average Bonchev–Trinajstić information content (AvgIpc) is 3.37. The van der Waals surface area contributed by atoms with Crippen molar-refractivity contribution in [3.8, 4) is 0 Å². The number of esters is 1. The molecule has 0 saturated carbocycles. The van der Waals surface area contributed by atoms with Crippen LogP contribution in [0.25, 0.3) is 0 Å². The topological polar surface area (TPSA) is 72.5 Å². The highest BCUT2D eigenvalue weighted by Crippen LogP contribution is 2.46. The molecule has 4 unspecified atom stereocenters. The molecule has 3 aromatic rings. The number of carbonyl (C=O) groups is 1. The molecule has 0 bridgehead atoms. The fraction of sp³-hybridized carbons (Fsp3) is 0.367. The zero-order valence-electron chi connectivity index (χ0n) is 21.1. The molecule has 2 heterocycles. The number of carbonyl (C=O) groups excluding carboxylic acids is 1. The standard InChI is InChI=1S/C30H32O7/c1-29(2)36-26-28(37-29)35-25(20-32-18-22-12-6-3-7-13-22)30(26,34-19-23-14-8-4-9-15-23)21-33-27(31)24-16-10-5-11-17-24/h3-17,25-26,28H,18-21H2,1-2H3. The first-order valence-corrected chi connectivity index (χ1v) is 12.5. The lowest BCUT2D eigenvalue weighted by Gasteiger charge is -2.37. The van der Waals surface area contributed by atoms with Crippen molar-refractivity contribution in [3.63, 3.8) is 0 Å². The van der Waals surface area contributed by atoms with E-state index in [4.69, 9.17) is 28.4 Å². The van der Waals surface area contributed by atoms with E-state index in [9.17, 15) is 4.79 Å². The minimum absolute atomic E-state index is 0.0898. The molecule has 3 aromatic carbocycles. The molecule has 0 amide bonds. The van der Waals surface area contributed by atoms with Crippen LogP contribution in [0.5, 0.6) is 0 Å².